The van der Waals surface area contributed by atoms with Crippen molar-refractivity contribution in [2.75, 3.05) is 39.3 Å². The van der Waals surface area contributed by atoms with Crippen LogP contribution in [0.4, 0.5) is 0 Å². The molecule has 0 saturated carbocycles. The molecule has 54 heavy (non-hydrogen) atoms. The number of esters is 2. The Labute approximate surface area is 332 Å². The van der Waals surface area contributed by atoms with Gasteiger partial charge in [0.25, 0.3) is 0 Å². The van der Waals surface area contributed by atoms with Gasteiger partial charge in [-0.05, 0) is 86.2 Å². The van der Waals surface area contributed by atoms with Crippen molar-refractivity contribution in [3.63, 3.8) is 0 Å². The zero-order valence-corrected chi connectivity index (χ0v) is 35.4. The molecule has 6 heteroatoms. The van der Waals surface area contributed by atoms with E-state index in [9.17, 15) is 9.59 Å². The highest BCUT2D eigenvalue weighted by molar-refractivity contribution is 5.70. The van der Waals surface area contributed by atoms with Gasteiger partial charge >= 0.3 is 11.9 Å². The summed E-state index contributed by atoms with van der Waals surface area (Å²) in [5.41, 5.74) is 4.06. The van der Waals surface area contributed by atoms with Crippen molar-refractivity contribution >= 4 is 11.9 Å². The van der Waals surface area contributed by atoms with Crippen LogP contribution in [-0.2, 0) is 32.3 Å². The molecule has 0 amide bonds. The minimum Gasteiger partial charge on any atom is -0.461 e. The molecule has 0 radical (unpaired) electrons. The monoisotopic (exact) mass is 749 g/mol. The van der Waals surface area contributed by atoms with Gasteiger partial charge in [-0.1, -0.05) is 167 Å². The fourth-order valence-electron chi connectivity index (χ4n) is 7.08. The van der Waals surface area contributed by atoms with Crippen LogP contribution in [-0.4, -0.2) is 61.0 Å². The number of rotatable bonds is 35. The summed E-state index contributed by atoms with van der Waals surface area (Å²) in [4.78, 5) is 30.6. The lowest BCUT2D eigenvalue weighted by Gasteiger charge is -2.22. The highest BCUT2D eigenvalue weighted by Gasteiger charge is 2.12. The summed E-state index contributed by atoms with van der Waals surface area (Å²) in [7, 11) is 0. The molecular weight excluding hydrogens is 669 g/mol. The molecule has 6 nitrogen and oxygen atoms in total. The quantitative estimate of drug-likeness (QED) is 0.0517. The molecule has 0 fully saturated rings. The van der Waals surface area contributed by atoms with Gasteiger partial charge in [0.2, 0.25) is 0 Å². The van der Waals surface area contributed by atoms with Crippen molar-refractivity contribution < 1.29 is 19.1 Å². The molecule has 0 spiro atoms. The van der Waals surface area contributed by atoms with E-state index in [2.05, 4.69) is 61.8 Å². The van der Waals surface area contributed by atoms with E-state index in [0.717, 1.165) is 61.5 Å². The molecule has 2 rings (SSSR count). The van der Waals surface area contributed by atoms with Crippen LogP contribution >= 0.6 is 0 Å². The third-order valence-electron chi connectivity index (χ3n) is 10.6. The van der Waals surface area contributed by atoms with Gasteiger partial charge in [0.1, 0.15) is 13.2 Å². The molecule has 0 atom stereocenters. The summed E-state index contributed by atoms with van der Waals surface area (Å²) in [6, 6.07) is 16.4. The summed E-state index contributed by atoms with van der Waals surface area (Å²) in [6.45, 7) is 15.4. The highest BCUT2D eigenvalue weighted by Crippen LogP contribution is 2.23. The molecule has 0 aliphatic heterocycles. The van der Waals surface area contributed by atoms with Gasteiger partial charge < -0.3 is 19.3 Å². The van der Waals surface area contributed by atoms with Crippen molar-refractivity contribution in [3.8, 4) is 11.1 Å². The maximum atomic E-state index is 12.8. The molecule has 0 heterocycles. The summed E-state index contributed by atoms with van der Waals surface area (Å²) in [5, 5.41) is 0. The van der Waals surface area contributed by atoms with E-state index < -0.39 is 0 Å². The molecule has 0 saturated heterocycles. The first-order chi connectivity index (χ1) is 26.5. The average molecular weight is 749 g/mol. The first-order valence-corrected chi connectivity index (χ1v) is 22.4. The molecule has 306 valence electrons. The Morgan fingerprint density at radius 1 is 0.426 bits per heavy atom. The Hall–Kier alpha value is -2.70. The molecule has 2 aromatic carbocycles. The molecule has 0 aliphatic rings. The second kappa shape index (κ2) is 32.5. The number of carbonyl (C=O) groups excluding carboxylic acids is 2. The molecular formula is C48H80N2O4. The van der Waals surface area contributed by atoms with Gasteiger partial charge in [0.15, 0.2) is 0 Å². The second-order valence-electron chi connectivity index (χ2n) is 15.6. The number of nitrogens with zero attached hydrogens (tertiary/aromatic N) is 2. The number of hydrogen-bond acceptors (Lipinski definition) is 6. The van der Waals surface area contributed by atoms with Gasteiger partial charge in [0, 0.05) is 13.1 Å². The maximum absolute atomic E-state index is 12.8. The fourth-order valence-corrected chi connectivity index (χ4v) is 7.08. The third-order valence-corrected chi connectivity index (χ3v) is 10.6. The summed E-state index contributed by atoms with van der Waals surface area (Å²) in [6.07, 6.45) is 26.3. The smallest absolute Gasteiger partial charge is 0.307 e. The van der Waals surface area contributed by atoms with E-state index >= 15 is 0 Å². The SMILES string of the molecule is CCCCCCCN(CCCCCCC)CCC(=O)OCc1cccc(-c2cccc(COC(=O)CCN(CCCCCCC)CCCCCCC)c2)c1. The lowest BCUT2D eigenvalue weighted by molar-refractivity contribution is -0.146. The van der Waals surface area contributed by atoms with Crippen molar-refractivity contribution in [1.29, 1.82) is 0 Å². The minimum atomic E-state index is -0.131. The molecule has 0 bridgehead atoms. The minimum absolute atomic E-state index is 0.131. The van der Waals surface area contributed by atoms with Crippen LogP contribution < -0.4 is 0 Å². The number of ether oxygens (including phenoxy) is 2. The maximum Gasteiger partial charge on any atom is 0.307 e. The van der Waals surface area contributed by atoms with Crippen LogP contribution in [0.5, 0.6) is 0 Å². The Balaban J connectivity index is 1.83. The van der Waals surface area contributed by atoms with Crippen LogP contribution in [0.3, 0.4) is 0 Å². The first kappa shape index (κ1) is 47.5. The van der Waals surface area contributed by atoms with E-state index in [1.54, 1.807) is 0 Å². The predicted molar refractivity (Wildman–Crippen MR) is 229 cm³/mol. The first-order valence-electron chi connectivity index (χ1n) is 22.4. The number of hydrogen-bond donors (Lipinski definition) is 0. The average Bonchev–Trinajstić information content (AvgIpc) is 3.19. The zero-order chi connectivity index (χ0) is 38.9. The van der Waals surface area contributed by atoms with E-state index in [0.29, 0.717) is 12.8 Å². The van der Waals surface area contributed by atoms with Gasteiger partial charge in [-0.3, -0.25) is 9.59 Å². The number of benzene rings is 2. The van der Waals surface area contributed by atoms with Crippen LogP contribution in [0.25, 0.3) is 11.1 Å². The van der Waals surface area contributed by atoms with Gasteiger partial charge in [0.05, 0.1) is 12.8 Å². The van der Waals surface area contributed by atoms with Gasteiger partial charge in [-0.2, -0.15) is 0 Å². The summed E-state index contributed by atoms with van der Waals surface area (Å²) in [5.74, 6) is -0.262. The second-order valence-corrected chi connectivity index (χ2v) is 15.6. The van der Waals surface area contributed by atoms with E-state index in [4.69, 9.17) is 9.47 Å². The Morgan fingerprint density at radius 2 is 0.741 bits per heavy atom. The summed E-state index contributed by atoms with van der Waals surface area (Å²) >= 11 is 0. The Morgan fingerprint density at radius 3 is 1.06 bits per heavy atom. The van der Waals surface area contributed by atoms with Gasteiger partial charge in [-0.15, -0.1) is 0 Å². The van der Waals surface area contributed by atoms with Gasteiger partial charge in [-0.25, -0.2) is 0 Å². The molecule has 0 aromatic heterocycles. The molecule has 0 N–H and O–H groups in total. The van der Waals surface area contributed by atoms with Crippen LogP contribution in [0, 0.1) is 0 Å². The Kier molecular flexibility index (Phi) is 28.6. The third kappa shape index (κ3) is 23.9. The lowest BCUT2D eigenvalue weighted by Crippen LogP contribution is -2.29. The largest absolute Gasteiger partial charge is 0.461 e. The Bertz CT molecular complexity index is 1100. The van der Waals surface area contributed by atoms with E-state index in [1.807, 2.05) is 24.3 Å². The zero-order valence-electron chi connectivity index (χ0n) is 35.4. The lowest BCUT2D eigenvalue weighted by atomic mass is 10.0. The number of unbranched alkanes of at least 4 members (excludes halogenated alkanes) is 16. The van der Waals surface area contributed by atoms with Crippen molar-refractivity contribution in [1.82, 2.24) is 9.80 Å². The van der Waals surface area contributed by atoms with Crippen molar-refractivity contribution in [3.05, 3.63) is 59.7 Å². The summed E-state index contributed by atoms with van der Waals surface area (Å²) < 4.78 is 11.5. The van der Waals surface area contributed by atoms with Crippen LogP contribution in [0.15, 0.2) is 48.5 Å². The highest BCUT2D eigenvalue weighted by atomic mass is 16.5. The predicted octanol–water partition coefficient (Wildman–Crippen LogP) is 12.7. The van der Waals surface area contributed by atoms with Crippen LogP contribution in [0.1, 0.15) is 180 Å². The van der Waals surface area contributed by atoms with Crippen molar-refractivity contribution in [2.45, 2.75) is 182 Å². The molecule has 0 aliphatic carbocycles. The van der Waals surface area contributed by atoms with E-state index in [-0.39, 0.29) is 25.2 Å². The fraction of sp³-hybridized carbons (Fsp3) is 0.708. The molecule has 2 aromatic rings. The van der Waals surface area contributed by atoms with Crippen LogP contribution in [0.2, 0.25) is 0 Å². The van der Waals surface area contributed by atoms with E-state index in [1.165, 1.54) is 128 Å². The normalized spacial score (nSPS) is 11.4. The standard InChI is InChI=1S/C48H80N2O4/c1-5-9-13-17-21-33-49(34-22-18-14-10-6-2)37-31-47(51)53-41-43-27-25-29-45(39-43)46-30-26-28-44(40-46)42-54-48(52)32-38-50(35-23-19-15-11-7-3)36-24-20-16-12-8-4/h25-30,39-40H,5-24,31-38,41-42H2,1-4H3. The molecule has 0 unspecified atom stereocenters. The van der Waals surface area contributed by atoms with Crippen molar-refractivity contribution in [2.24, 2.45) is 0 Å². The number of carbonyl (C=O) groups is 2. The topological polar surface area (TPSA) is 59.1 Å².